The number of hydrogen-bond donors (Lipinski definition) is 3. The quantitative estimate of drug-likeness (QED) is 0.768. The maximum absolute atomic E-state index is 11.3. The minimum atomic E-state index is -0.584. The van der Waals surface area contributed by atoms with Crippen LogP contribution >= 0.6 is 11.5 Å². The molecule has 0 bridgehead atoms. The van der Waals surface area contributed by atoms with Crippen LogP contribution in [0.25, 0.3) is 0 Å². The van der Waals surface area contributed by atoms with Crippen molar-refractivity contribution in [1.82, 2.24) is 4.37 Å². The summed E-state index contributed by atoms with van der Waals surface area (Å²) in [5.74, 6) is 0.350. The molecule has 0 unspecified atom stereocenters. The van der Waals surface area contributed by atoms with Crippen molar-refractivity contribution in [2.75, 3.05) is 18.2 Å². The summed E-state index contributed by atoms with van der Waals surface area (Å²) in [6, 6.07) is 7.61. The molecular weight excluding hydrogens is 264 g/mol. The van der Waals surface area contributed by atoms with Crippen molar-refractivity contribution in [3.05, 3.63) is 35.4 Å². The Hall–Kier alpha value is -2.28. The molecule has 6 nitrogen and oxygen atoms in total. The van der Waals surface area contributed by atoms with Gasteiger partial charge in [-0.25, -0.2) is 0 Å². The lowest BCUT2D eigenvalue weighted by molar-refractivity contribution is 0.100. The zero-order valence-corrected chi connectivity index (χ0v) is 11.2. The van der Waals surface area contributed by atoms with E-state index in [0.29, 0.717) is 11.5 Å². The smallest absolute Gasteiger partial charge is 0.255 e. The van der Waals surface area contributed by atoms with Crippen LogP contribution in [-0.4, -0.2) is 17.4 Å². The van der Waals surface area contributed by atoms with Gasteiger partial charge in [0.1, 0.15) is 16.3 Å². The first-order valence-electron chi connectivity index (χ1n) is 5.53. The van der Waals surface area contributed by atoms with E-state index in [4.69, 9.17) is 16.2 Å². The molecule has 0 saturated carbocycles. The number of aromatic nitrogens is 1. The number of amides is 1. The number of nitrogens with one attached hydrogen (secondary N) is 1. The number of hydrogen-bond acceptors (Lipinski definition) is 6. The van der Waals surface area contributed by atoms with E-state index in [1.807, 2.05) is 24.3 Å². The number of rotatable bonds is 5. The lowest BCUT2D eigenvalue weighted by Gasteiger charge is -2.07. The van der Waals surface area contributed by atoms with E-state index in [-0.39, 0.29) is 11.4 Å². The highest BCUT2D eigenvalue weighted by atomic mass is 32.1. The molecule has 0 saturated heterocycles. The Balaban J connectivity index is 2.12. The summed E-state index contributed by atoms with van der Waals surface area (Å²) < 4.78 is 9.06. The molecule has 1 aromatic heterocycles. The topological polar surface area (TPSA) is 103 Å². The van der Waals surface area contributed by atoms with Crippen LogP contribution in [0.2, 0.25) is 0 Å². The molecule has 0 aliphatic rings. The number of nitrogens with two attached hydrogens (primary N) is 2. The molecular formula is C12H14N4O2S. The van der Waals surface area contributed by atoms with Crippen molar-refractivity contribution in [2.24, 2.45) is 5.73 Å². The van der Waals surface area contributed by atoms with Gasteiger partial charge >= 0.3 is 0 Å². The molecule has 1 amide bonds. The zero-order chi connectivity index (χ0) is 13.8. The number of carbonyl (C=O) groups excluding carboxylic acids is 1. The molecule has 0 radical (unpaired) electrons. The van der Waals surface area contributed by atoms with Gasteiger partial charge in [-0.05, 0) is 29.2 Å². The molecule has 5 N–H and O–H groups in total. The fraction of sp³-hybridized carbons (Fsp3) is 0.167. The van der Waals surface area contributed by atoms with Crippen LogP contribution in [0.1, 0.15) is 15.9 Å². The molecule has 0 spiro atoms. The van der Waals surface area contributed by atoms with E-state index in [9.17, 15) is 4.79 Å². The number of benzene rings is 1. The third-order valence-electron chi connectivity index (χ3n) is 2.55. The highest BCUT2D eigenvalue weighted by Crippen LogP contribution is 2.26. The number of ether oxygens (including phenoxy) is 1. The Bertz CT molecular complexity index is 597. The summed E-state index contributed by atoms with van der Waals surface area (Å²) in [7, 11) is 1.61. The van der Waals surface area contributed by atoms with Crippen molar-refractivity contribution in [3.8, 4) is 5.75 Å². The van der Waals surface area contributed by atoms with Crippen LogP contribution in [-0.2, 0) is 6.54 Å². The molecule has 19 heavy (non-hydrogen) atoms. The van der Waals surface area contributed by atoms with Gasteiger partial charge in [-0.3, -0.25) is 4.79 Å². The van der Waals surface area contributed by atoms with Gasteiger partial charge in [0.2, 0.25) is 0 Å². The summed E-state index contributed by atoms with van der Waals surface area (Å²) in [5, 5.41) is 3.68. The van der Waals surface area contributed by atoms with Crippen LogP contribution in [0.5, 0.6) is 5.75 Å². The summed E-state index contributed by atoms with van der Waals surface area (Å²) in [6.07, 6.45) is 0. The SMILES string of the molecule is COc1cccc(CNc2snc(N)c2C(N)=O)c1. The van der Waals surface area contributed by atoms with Gasteiger partial charge in [0.25, 0.3) is 5.91 Å². The zero-order valence-electron chi connectivity index (χ0n) is 10.3. The Morgan fingerprint density at radius 3 is 3.00 bits per heavy atom. The van der Waals surface area contributed by atoms with Crippen molar-refractivity contribution < 1.29 is 9.53 Å². The molecule has 1 aromatic carbocycles. The van der Waals surface area contributed by atoms with Gasteiger partial charge in [0.15, 0.2) is 5.82 Å². The average molecular weight is 278 g/mol. The lowest BCUT2D eigenvalue weighted by atomic mass is 10.2. The largest absolute Gasteiger partial charge is 0.497 e. The second-order valence-corrected chi connectivity index (χ2v) is 4.61. The maximum Gasteiger partial charge on any atom is 0.255 e. The summed E-state index contributed by atoms with van der Waals surface area (Å²) in [5.41, 5.74) is 12.1. The van der Waals surface area contributed by atoms with Crippen LogP contribution < -0.4 is 21.5 Å². The normalized spacial score (nSPS) is 10.2. The Labute approximate surface area is 114 Å². The second-order valence-electron chi connectivity index (χ2n) is 3.84. The van der Waals surface area contributed by atoms with Crippen LogP contribution in [0, 0.1) is 0 Å². The molecule has 0 fully saturated rings. The van der Waals surface area contributed by atoms with Gasteiger partial charge in [-0.2, -0.15) is 4.37 Å². The first-order chi connectivity index (χ1) is 9.11. The number of nitrogens with zero attached hydrogens (tertiary/aromatic N) is 1. The Kier molecular flexibility index (Phi) is 3.86. The molecule has 0 aliphatic carbocycles. The molecule has 1 heterocycles. The molecule has 100 valence electrons. The Morgan fingerprint density at radius 2 is 2.32 bits per heavy atom. The number of primary amides is 1. The number of carbonyl (C=O) groups is 1. The summed E-state index contributed by atoms with van der Waals surface area (Å²) in [4.78, 5) is 11.3. The van der Waals surface area contributed by atoms with Crippen molar-refractivity contribution >= 4 is 28.3 Å². The van der Waals surface area contributed by atoms with Gasteiger partial charge in [0.05, 0.1) is 7.11 Å². The van der Waals surface area contributed by atoms with Crippen molar-refractivity contribution in [2.45, 2.75) is 6.54 Å². The monoisotopic (exact) mass is 278 g/mol. The van der Waals surface area contributed by atoms with E-state index in [0.717, 1.165) is 22.8 Å². The van der Waals surface area contributed by atoms with Gasteiger partial charge < -0.3 is 21.5 Å². The molecule has 0 aliphatic heterocycles. The van der Waals surface area contributed by atoms with Crippen molar-refractivity contribution in [1.29, 1.82) is 0 Å². The number of nitrogen functional groups attached to an aromatic ring is 1. The summed E-state index contributed by atoms with van der Waals surface area (Å²) >= 11 is 1.12. The highest BCUT2D eigenvalue weighted by Gasteiger charge is 2.16. The number of anilines is 2. The summed E-state index contributed by atoms with van der Waals surface area (Å²) in [6.45, 7) is 0.527. The third-order valence-corrected chi connectivity index (χ3v) is 3.37. The van der Waals surface area contributed by atoms with Gasteiger partial charge in [-0.1, -0.05) is 12.1 Å². The molecule has 7 heteroatoms. The standard InChI is InChI=1S/C12H14N4O2S/c1-18-8-4-2-3-7(5-8)6-15-12-9(11(14)17)10(13)16-19-12/h2-5,15H,6H2,1H3,(H2,13,16)(H2,14,17). The molecule has 2 aromatic rings. The second kappa shape index (κ2) is 5.57. The minimum Gasteiger partial charge on any atom is -0.497 e. The van der Waals surface area contributed by atoms with Crippen LogP contribution in [0.3, 0.4) is 0 Å². The Morgan fingerprint density at radius 1 is 1.53 bits per heavy atom. The van der Waals surface area contributed by atoms with Crippen LogP contribution in [0.15, 0.2) is 24.3 Å². The minimum absolute atomic E-state index is 0.158. The molecule has 2 rings (SSSR count). The highest BCUT2D eigenvalue weighted by molar-refractivity contribution is 7.11. The van der Waals surface area contributed by atoms with Gasteiger partial charge in [0, 0.05) is 6.54 Å². The van der Waals surface area contributed by atoms with E-state index >= 15 is 0 Å². The van der Waals surface area contributed by atoms with E-state index < -0.39 is 5.91 Å². The predicted octanol–water partition coefficient (Wildman–Crippen LogP) is 1.44. The third kappa shape index (κ3) is 2.94. The van der Waals surface area contributed by atoms with Crippen LogP contribution in [0.4, 0.5) is 10.8 Å². The van der Waals surface area contributed by atoms with Crippen molar-refractivity contribution in [3.63, 3.8) is 0 Å². The van der Waals surface area contributed by atoms with E-state index in [1.54, 1.807) is 7.11 Å². The maximum atomic E-state index is 11.3. The predicted molar refractivity (Wildman–Crippen MR) is 75.4 cm³/mol. The lowest BCUT2D eigenvalue weighted by Crippen LogP contribution is -2.14. The van der Waals surface area contributed by atoms with Gasteiger partial charge in [-0.15, -0.1) is 0 Å². The first kappa shape index (κ1) is 13.2. The fourth-order valence-corrected chi connectivity index (χ4v) is 2.34. The average Bonchev–Trinajstić information content (AvgIpc) is 2.78. The molecule has 0 atom stereocenters. The fourth-order valence-electron chi connectivity index (χ4n) is 1.63. The van der Waals surface area contributed by atoms with E-state index in [1.165, 1.54) is 0 Å². The van der Waals surface area contributed by atoms with E-state index in [2.05, 4.69) is 9.69 Å². The first-order valence-corrected chi connectivity index (χ1v) is 6.31. The number of methoxy groups -OCH3 is 1.